The topological polar surface area (TPSA) is 17.1 Å². The van der Waals surface area contributed by atoms with Crippen molar-refractivity contribution < 1.29 is 9.18 Å². The highest BCUT2D eigenvalue weighted by atomic mass is 35.5. The SMILES string of the molecule is CCC(=O)C(C)c1ccc(Cl)cc1F. The van der Waals surface area contributed by atoms with E-state index in [2.05, 4.69) is 0 Å². The Morgan fingerprint density at radius 3 is 2.71 bits per heavy atom. The van der Waals surface area contributed by atoms with E-state index in [1.807, 2.05) is 0 Å². The van der Waals surface area contributed by atoms with Gasteiger partial charge in [0.15, 0.2) is 0 Å². The van der Waals surface area contributed by atoms with Crippen molar-refractivity contribution in [2.75, 3.05) is 0 Å². The standard InChI is InChI=1S/C11H12ClFO/c1-3-11(14)7(2)9-5-4-8(12)6-10(9)13/h4-7H,3H2,1-2H3. The van der Waals surface area contributed by atoms with Crippen molar-refractivity contribution in [3.63, 3.8) is 0 Å². The second-order valence-electron chi connectivity index (χ2n) is 3.21. The Hall–Kier alpha value is -0.890. The van der Waals surface area contributed by atoms with Crippen LogP contribution < -0.4 is 0 Å². The van der Waals surface area contributed by atoms with Gasteiger partial charge in [0.1, 0.15) is 11.6 Å². The minimum Gasteiger partial charge on any atom is -0.299 e. The van der Waals surface area contributed by atoms with Crippen molar-refractivity contribution in [3.8, 4) is 0 Å². The van der Waals surface area contributed by atoms with E-state index in [1.54, 1.807) is 26.0 Å². The number of carbonyl (C=O) groups excluding carboxylic acids is 1. The van der Waals surface area contributed by atoms with Gasteiger partial charge in [-0.25, -0.2) is 4.39 Å². The monoisotopic (exact) mass is 214 g/mol. The summed E-state index contributed by atoms with van der Waals surface area (Å²) < 4.78 is 13.4. The third-order valence-electron chi connectivity index (χ3n) is 2.26. The molecule has 1 nitrogen and oxygen atoms in total. The van der Waals surface area contributed by atoms with Crippen LogP contribution in [0.2, 0.25) is 5.02 Å². The second-order valence-corrected chi connectivity index (χ2v) is 3.64. The fourth-order valence-electron chi connectivity index (χ4n) is 1.33. The second kappa shape index (κ2) is 4.56. The molecule has 3 heteroatoms. The number of rotatable bonds is 3. The van der Waals surface area contributed by atoms with Crippen molar-refractivity contribution >= 4 is 17.4 Å². The van der Waals surface area contributed by atoms with E-state index in [9.17, 15) is 9.18 Å². The Balaban J connectivity index is 3.01. The van der Waals surface area contributed by atoms with E-state index in [1.165, 1.54) is 6.07 Å². The third kappa shape index (κ3) is 2.32. The summed E-state index contributed by atoms with van der Waals surface area (Å²) in [4.78, 5) is 11.3. The molecule has 1 atom stereocenters. The lowest BCUT2D eigenvalue weighted by atomic mass is 9.95. The zero-order valence-corrected chi connectivity index (χ0v) is 8.94. The smallest absolute Gasteiger partial charge is 0.139 e. The third-order valence-corrected chi connectivity index (χ3v) is 2.50. The molecule has 0 aromatic heterocycles. The molecule has 1 rings (SSSR count). The lowest BCUT2D eigenvalue weighted by Gasteiger charge is -2.10. The highest BCUT2D eigenvalue weighted by molar-refractivity contribution is 6.30. The van der Waals surface area contributed by atoms with Crippen LogP contribution in [0.25, 0.3) is 0 Å². The van der Waals surface area contributed by atoms with Gasteiger partial charge in [-0.05, 0) is 17.7 Å². The van der Waals surface area contributed by atoms with Crippen LogP contribution in [-0.2, 0) is 4.79 Å². The molecule has 0 fully saturated rings. The molecule has 0 heterocycles. The van der Waals surface area contributed by atoms with E-state index in [0.717, 1.165) is 0 Å². The van der Waals surface area contributed by atoms with Gasteiger partial charge in [-0.3, -0.25) is 4.79 Å². The van der Waals surface area contributed by atoms with E-state index < -0.39 is 11.7 Å². The molecule has 0 amide bonds. The first-order chi connectivity index (χ1) is 6.56. The normalized spacial score (nSPS) is 12.6. The number of hydrogen-bond acceptors (Lipinski definition) is 1. The van der Waals surface area contributed by atoms with Crippen molar-refractivity contribution in [3.05, 3.63) is 34.6 Å². The zero-order valence-electron chi connectivity index (χ0n) is 8.18. The maximum absolute atomic E-state index is 13.4. The maximum Gasteiger partial charge on any atom is 0.139 e. The molecule has 0 aliphatic rings. The van der Waals surface area contributed by atoms with Gasteiger partial charge in [-0.2, -0.15) is 0 Å². The lowest BCUT2D eigenvalue weighted by Crippen LogP contribution is -2.09. The van der Waals surface area contributed by atoms with Gasteiger partial charge in [0, 0.05) is 17.4 Å². The lowest BCUT2D eigenvalue weighted by molar-refractivity contribution is -0.119. The first kappa shape index (κ1) is 11.2. The summed E-state index contributed by atoms with van der Waals surface area (Å²) in [6, 6.07) is 4.39. The van der Waals surface area contributed by atoms with Gasteiger partial charge in [0.2, 0.25) is 0 Å². The molecular formula is C11H12ClFO. The highest BCUT2D eigenvalue weighted by Gasteiger charge is 2.16. The van der Waals surface area contributed by atoms with Crippen molar-refractivity contribution in [2.45, 2.75) is 26.2 Å². The maximum atomic E-state index is 13.4. The summed E-state index contributed by atoms with van der Waals surface area (Å²) >= 11 is 5.61. The number of carbonyl (C=O) groups is 1. The Kier molecular flexibility index (Phi) is 3.64. The van der Waals surface area contributed by atoms with Gasteiger partial charge >= 0.3 is 0 Å². The summed E-state index contributed by atoms with van der Waals surface area (Å²) in [5, 5.41) is 0.349. The average Bonchev–Trinajstić information content (AvgIpc) is 2.15. The van der Waals surface area contributed by atoms with Crippen LogP contribution in [0.3, 0.4) is 0 Å². The molecule has 0 radical (unpaired) electrons. The Labute approximate surface area is 87.9 Å². The van der Waals surface area contributed by atoms with E-state index in [4.69, 9.17) is 11.6 Å². The molecule has 14 heavy (non-hydrogen) atoms. The van der Waals surface area contributed by atoms with Gasteiger partial charge < -0.3 is 0 Å². The number of halogens is 2. The summed E-state index contributed by atoms with van der Waals surface area (Å²) in [7, 11) is 0. The summed E-state index contributed by atoms with van der Waals surface area (Å²) in [6.45, 7) is 3.48. The van der Waals surface area contributed by atoms with Crippen LogP contribution >= 0.6 is 11.6 Å². The minimum atomic E-state index is -0.410. The fraction of sp³-hybridized carbons (Fsp3) is 0.364. The van der Waals surface area contributed by atoms with Crippen molar-refractivity contribution in [1.82, 2.24) is 0 Å². The van der Waals surface area contributed by atoms with Crippen LogP contribution in [-0.4, -0.2) is 5.78 Å². The Morgan fingerprint density at radius 2 is 2.21 bits per heavy atom. The molecular weight excluding hydrogens is 203 g/mol. The Morgan fingerprint density at radius 1 is 1.57 bits per heavy atom. The number of Topliss-reactive ketones (excluding diaryl/α,β-unsaturated/α-hetero) is 1. The highest BCUT2D eigenvalue weighted by Crippen LogP contribution is 2.23. The predicted octanol–water partition coefficient (Wildman–Crippen LogP) is 3.56. The minimum absolute atomic E-state index is 0.0335. The first-order valence-corrected chi connectivity index (χ1v) is 4.91. The van der Waals surface area contributed by atoms with Crippen LogP contribution in [0.1, 0.15) is 31.7 Å². The number of ketones is 1. The summed E-state index contributed by atoms with van der Waals surface area (Å²) in [5.41, 5.74) is 0.418. The molecule has 0 bridgehead atoms. The van der Waals surface area contributed by atoms with Crippen LogP contribution in [0.4, 0.5) is 4.39 Å². The zero-order chi connectivity index (χ0) is 10.7. The van der Waals surface area contributed by atoms with Crippen molar-refractivity contribution in [2.24, 2.45) is 0 Å². The first-order valence-electron chi connectivity index (χ1n) is 4.54. The largest absolute Gasteiger partial charge is 0.299 e. The van der Waals surface area contributed by atoms with Crippen molar-refractivity contribution in [1.29, 1.82) is 0 Å². The Bertz CT molecular complexity index is 349. The molecule has 0 saturated carbocycles. The molecule has 1 unspecified atom stereocenters. The molecule has 1 aromatic carbocycles. The summed E-state index contributed by atoms with van der Waals surface area (Å²) in [5.74, 6) is -0.768. The van der Waals surface area contributed by atoms with Crippen LogP contribution in [0.5, 0.6) is 0 Å². The summed E-state index contributed by atoms with van der Waals surface area (Å²) in [6.07, 6.45) is 0.420. The molecule has 1 aromatic rings. The van der Waals surface area contributed by atoms with Gasteiger partial charge in [-0.15, -0.1) is 0 Å². The molecule has 0 aliphatic carbocycles. The molecule has 0 aliphatic heterocycles. The van der Waals surface area contributed by atoms with Gasteiger partial charge in [0.25, 0.3) is 0 Å². The molecule has 0 saturated heterocycles. The van der Waals surface area contributed by atoms with Crippen LogP contribution in [0.15, 0.2) is 18.2 Å². The quantitative estimate of drug-likeness (QED) is 0.752. The van der Waals surface area contributed by atoms with Gasteiger partial charge in [-0.1, -0.05) is 31.5 Å². The predicted molar refractivity (Wildman–Crippen MR) is 55.1 cm³/mol. The number of benzene rings is 1. The molecule has 76 valence electrons. The van der Waals surface area contributed by atoms with Gasteiger partial charge in [0.05, 0.1) is 0 Å². The molecule has 0 spiro atoms. The molecule has 0 N–H and O–H groups in total. The van der Waals surface area contributed by atoms with E-state index in [-0.39, 0.29) is 5.78 Å². The number of hydrogen-bond donors (Lipinski definition) is 0. The van der Waals surface area contributed by atoms with Crippen LogP contribution in [0, 0.1) is 5.82 Å². The van der Waals surface area contributed by atoms with E-state index in [0.29, 0.717) is 17.0 Å². The van der Waals surface area contributed by atoms with E-state index >= 15 is 0 Å². The fourth-order valence-corrected chi connectivity index (χ4v) is 1.49. The average molecular weight is 215 g/mol.